The van der Waals surface area contributed by atoms with Crippen molar-refractivity contribution < 1.29 is 32.2 Å². The summed E-state index contributed by atoms with van der Waals surface area (Å²) in [4.78, 5) is 52.6. The Labute approximate surface area is 152 Å². The molecule has 0 unspecified atom stereocenters. The van der Waals surface area contributed by atoms with E-state index in [2.05, 4.69) is 19.4 Å². The van der Waals surface area contributed by atoms with Gasteiger partial charge in [-0.1, -0.05) is 0 Å². The summed E-state index contributed by atoms with van der Waals surface area (Å²) >= 11 is 0. The molecule has 11 heteroatoms. The summed E-state index contributed by atoms with van der Waals surface area (Å²) in [6.45, 7) is 0. The second kappa shape index (κ2) is 6.51. The Morgan fingerprint density at radius 1 is 0.893 bits per heavy atom. The number of pyridine rings is 2. The van der Waals surface area contributed by atoms with Gasteiger partial charge in [-0.05, 0) is 6.07 Å². The van der Waals surface area contributed by atoms with Gasteiger partial charge in [0, 0.05) is 17.5 Å². The predicted molar refractivity (Wildman–Crippen MR) is 90.4 cm³/mol. The molecule has 2 heterocycles. The van der Waals surface area contributed by atoms with Crippen LogP contribution in [-0.2, 0) is 15.7 Å². The molecule has 0 saturated heterocycles. The van der Waals surface area contributed by atoms with Crippen LogP contribution in [0.25, 0.3) is 21.8 Å². The lowest BCUT2D eigenvalue weighted by Gasteiger charge is -2.15. The first kappa shape index (κ1) is 19.1. The van der Waals surface area contributed by atoms with Gasteiger partial charge in [0.1, 0.15) is 11.4 Å². The van der Waals surface area contributed by atoms with Crippen LogP contribution in [0.4, 0.5) is 13.2 Å². The highest BCUT2D eigenvalue weighted by Crippen LogP contribution is 2.37. The van der Waals surface area contributed by atoms with Gasteiger partial charge < -0.3 is 19.4 Å². The summed E-state index contributed by atoms with van der Waals surface area (Å²) in [5.74, 6) is -2.02. The van der Waals surface area contributed by atoms with Crippen LogP contribution in [-0.4, -0.2) is 36.1 Å². The fraction of sp³-hybridized carbons (Fsp3) is 0.176. The van der Waals surface area contributed by atoms with Crippen LogP contribution in [0.2, 0.25) is 0 Å². The maximum Gasteiger partial charge on any atom is 0.419 e. The first-order valence-electron chi connectivity index (χ1n) is 7.59. The van der Waals surface area contributed by atoms with Crippen molar-refractivity contribution in [2.24, 2.45) is 0 Å². The van der Waals surface area contributed by atoms with E-state index < -0.39 is 56.5 Å². The number of esters is 2. The van der Waals surface area contributed by atoms with Crippen molar-refractivity contribution in [3.8, 4) is 0 Å². The van der Waals surface area contributed by atoms with E-state index in [1.165, 1.54) is 0 Å². The van der Waals surface area contributed by atoms with Crippen molar-refractivity contribution >= 4 is 33.7 Å². The molecule has 0 spiro atoms. The zero-order chi connectivity index (χ0) is 20.8. The summed E-state index contributed by atoms with van der Waals surface area (Å²) < 4.78 is 50.3. The molecule has 2 N–H and O–H groups in total. The predicted octanol–water partition coefficient (Wildman–Crippen LogP) is 1.96. The molecule has 3 aromatic rings. The number of aromatic amines is 2. The van der Waals surface area contributed by atoms with Gasteiger partial charge in [0.2, 0.25) is 0 Å². The number of methoxy groups -OCH3 is 2. The number of hydrogen-bond donors (Lipinski definition) is 2. The van der Waals surface area contributed by atoms with E-state index in [4.69, 9.17) is 0 Å². The van der Waals surface area contributed by atoms with Gasteiger partial charge in [-0.15, -0.1) is 0 Å². The largest absolute Gasteiger partial charge is 0.464 e. The Hall–Kier alpha value is -3.63. The monoisotopic (exact) mass is 396 g/mol. The number of aromatic nitrogens is 2. The third-order valence-electron chi connectivity index (χ3n) is 4.01. The van der Waals surface area contributed by atoms with E-state index in [1.807, 2.05) is 0 Å². The molecule has 0 fully saturated rings. The Kier molecular flexibility index (Phi) is 4.45. The number of carbonyl (C=O) groups excluding carboxylic acids is 2. The number of hydrogen-bond acceptors (Lipinski definition) is 6. The van der Waals surface area contributed by atoms with Gasteiger partial charge in [0.25, 0.3) is 0 Å². The van der Waals surface area contributed by atoms with Crippen LogP contribution in [0.5, 0.6) is 0 Å². The molecular weight excluding hydrogens is 385 g/mol. The number of fused-ring (bicyclic) bond motifs is 2. The Morgan fingerprint density at radius 3 is 1.96 bits per heavy atom. The Bertz CT molecular complexity index is 1260. The molecule has 0 saturated carbocycles. The number of rotatable bonds is 2. The van der Waals surface area contributed by atoms with Crippen molar-refractivity contribution in [2.45, 2.75) is 6.18 Å². The highest BCUT2D eigenvalue weighted by Gasteiger charge is 2.37. The molecule has 0 atom stereocenters. The number of ether oxygens (including phenoxy) is 2. The van der Waals surface area contributed by atoms with E-state index in [9.17, 15) is 32.3 Å². The van der Waals surface area contributed by atoms with E-state index in [0.717, 1.165) is 26.4 Å². The third kappa shape index (κ3) is 3.00. The van der Waals surface area contributed by atoms with Crippen molar-refractivity contribution in [3.05, 3.63) is 55.6 Å². The van der Waals surface area contributed by atoms with Crippen molar-refractivity contribution in [2.75, 3.05) is 14.2 Å². The summed E-state index contributed by atoms with van der Waals surface area (Å²) in [7, 11) is 2.03. The minimum Gasteiger partial charge on any atom is -0.464 e. The van der Waals surface area contributed by atoms with Gasteiger partial charge in [0.15, 0.2) is 10.9 Å². The molecule has 0 amide bonds. The van der Waals surface area contributed by atoms with Gasteiger partial charge in [-0.3, -0.25) is 9.59 Å². The SMILES string of the molecule is COC(=O)c1cc(=O)c2c(C(F)(F)F)c3[nH]c(C(=O)OC)cc(=O)c3cc2[nH]1. The molecule has 1 aromatic carbocycles. The minimum atomic E-state index is -5.06. The Morgan fingerprint density at radius 2 is 1.43 bits per heavy atom. The summed E-state index contributed by atoms with van der Waals surface area (Å²) in [6, 6.07) is 2.44. The number of carbonyl (C=O) groups is 2. The number of halogens is 3. The van der Waals surface area contributed by atoms with Gasteiger partial charge >= 0.3 is 18.1 Å². The molecule has 0 aliphatic rings. The number of alkyl halides is 3. The molecule has 2 aromatic heterocycles. The fourth-order valence-corrected chi connectivity index (χ4v) is 2.85. The van der Waals surface area contributed by atoms with Crippen LogP contribution in [0, 0.1) is 0 Å². The highest BCUT2D eigenvalue weighted by molar-refractivity contribution is 6.02. The van der Waals surface area contributed by atoms with E-state index >= 15 is 0 Å². The summed E-state index contributed by atoms with van der Waals surface area (Å²) in [6.07, 6.45) is -5.06. The van der Waals surface area contributed by atoms with Gasteiger partial charge in [0.05, 0.1) is 36.2 Å². The lowest BCUT2D eigenvalue weighted by atomic mass is 10.0. The van der Waals surface area contributed by atoms with Crippen molar-refractivity contribution in [1.29, 1.82) is 0 Å². The van der Waals surface area contributed by atoms with E-state index in [0.29, 0.717) is 6.07 Å². The first-order valence-corrected chi connectivity index (χ1v) is 7.59. The molecule has 28 heavy (non-hydrogen) atoms. The lowest BCUT2D eigenvalue weighted by Crippen LogP contribution is -2.19. The lowest BCUT2D eigenvalue weighted by molar-refractivity contribution is -0.135. The van der Waals surface area contributed by atoms with Crippen LogP contribution < -0.4 is 10.9 Å². The molecule has 0 aliphatic heterocycles. The quantitative estimate of drug-likeness (QED) is 0.505. The second-order valence-electron chi connectivity index (χ2n) is 5.67. The van der Waals surface area contributed by atoms with Gasteiger partial charge in [-0.2, -0.15) is 13.2 Å². The van der Waals surface area contributed by atoms with E-state index in [-0.39, 0.29) is 11.2 Å². The topological polar surface area (TPSA) is 118 Å². The third-order valence-corrected chi connectivity index (χ3v) is 4.01. The molecule has 0 radical (unpaired) electrons. The molecule has 3 rings (SSSR count). The van der Waals surface area contributed by atoms with Crippen molar-refractivity contribution in [3.63, 3.8) is 0 Å². The summed E-state index contributed by atoms with van der Waals surface area (Å²) in [5.41, 5.74) is -5.49. The zero-order valence-electron chi connectivity index (χ0n) is 14.3. The summed E-state index contributed by atoms with van der Waals surface area (Å²) in [5, 5.41) is -1.24. The fourth-order valence-electron chi connectivity index (χ4n) is 2.85. The average molecular weight is 396 g/mol. The first-order chi connectivity index (χ1) is 13.1. The zero-order valence-corrected chi connectivity index (χ0v) is 14.3. The highest BCUT2D eigenvalue weighted by atomic mass is 19.4. The normalized spacial score (nSPS) is 11.6. The van der Waals surface area contributed by atoms with E-state index in [1.54, 1.807) is 0 Å². The molecule has 0 aliphatic carbocycles. The molecule has 8 nitrogen and oxygen atoms in total. The molecular formula is C17H11F3N2O6. The number of H-pyrrole nitrogens is 2. The average Bonchev–Trinajstić information content (AvgIpc) is 2.64. The smallest absolute Gasteiger partial charge is 0.419 e. The maximum absolute atomic E-state index is 13.8. The van der Waals surface area contributed by atoms with Crippen LogP contribution in [0.3, 0.4) is 0 Å². The van der Waals surface area contributed by atoms with Gasteiger partial charge in [-0.25, -0.2) is 9.59 Å². The van der Waals surface area contributed by atoms with Crippen LogP contribution >= 0.6 is 0 Å². The second-order valence-corrected chi connectivity index (χ2v) is 5.67. The Balaban J connectivity index is 2.58. The number of benzene rings is 1. The number of nitrogens with one attached hydrogen (secondary N) is 2. The standard InChI is InChI=1S/C17H11F3N2O6/c1-27-15(25)8-5-11(24)12-7(21-8)3-6-10(23)4-9(16(26)28-2)22-14(6)13(12)17(18,19)20/h3-5H,1-2H3,(H,21,24)(H,22,23). The minimum absolute atomic E-state index is 0.380. The molecule has 146 valence electrons. The van der Waals surface area contributed by atoms with Crippen molar-refractivity contribution in [1.82, 2.24) is 9.97 Å². The van der Waals surface area contributed by atoms with Crippen LogP contribution in [0.15, 0.2) is 27.8 Å². The van der Waals surface area contributed by atoms with Crippen LogP contribution in [0.1, 0.15) is 26.5 Å². The molecule has 0 bridgehead atoms. The maximum atomic E-state index is 13.8.